The van der Waals surface area contributed by atoms with E-state index in [1.807, 2.05) is 0 Å². The lowest BCUT2D eigenvalue weighted by molar-refractivity contribution is 0.138. The summed E-state index contributed by atoms with van der Waals surface area (Å²) in [5, 5.41) is 0. The minimum atomic E-state index is -0.713. The molecule has 0 radical (unpaired) electrons. The Labute approximate surface area is 154 Å². The molecule has 0 aliphatic rings. The van der Waals surface area contributed by atoms with Gasteiger partial charge in [0.1, 0.15) is 47.4 Å². The van der Waals surface area contributed by atoms with Crippen molar-refractivity contribution in [2.75, 3.05) is 6.61 Å². The lowest BCUT2D eigenvalue weighted by atomic mass is 10.3. The molecule has 1 atom stereocenters. The number of pyridine rings is 1. The number of ether oxygens (including phenoxy) is 3. The average molecular weight is 375 g/mol. The van der Waals surface area contributed by atoms with E-state index in [0.717, 1.165) is 24.4 Å². The number of hydrogen-bond donors (Lipinski definition) is 0. The first-order chi connectivity index (χ1) is 13.0. The molecule has 140 valence electrons. The van der Waals surface area contributed by atoms with E-state index in [-0.39, 0.29) is 18.5 Å². The van der Waals surface area contributed by atoms with Crippen LogP contribution in [0.2, 0.25) is 0 Å². The van der Waals surface area contributed by atoms with Gasteiger partial charge in [0.15, 0.2) is 0 Å². The molecule has 4 nitrogen and oxygen atoms in total. The van der Waals surface area contributed by atoms with Gasteiger partial charge in [-0.3, -0.25) is 0 Å². The maximum atomic E-state index is 13.2. The van der Waals surface area contributed by atoms with Crippen molar-refractivity contribution in [1.29, 1.82) is 0 Å². The first kappa shape index (κ1) is 18.6. The van der Waals surface area contributed by atoms with Gasteiger partial charge >= 0.3 is 0 Å². The van der Waals surface area contributed by atoms with Crippen LogP contribution < -0.4 is 14.2 Å². The van der Waals surface area contributed by atoms with E-state index in [1.165, 1.54) is 12.1 Å². The fourth-order valence-corrected chi connectivity index (χ4v) is 2.21. The summed E-state index contributed by atoms with van der Waals surface area (Å²) in [5.41, 5.74) is 0. The van der Waals surface area contributed by atoms with Gasteiger partial charge in [-0.25, -0.2) is 18.2 Å². The number of nitrogens with zero attached hydrogens (tertiary/aromatic N) is 1. The van der Waals surface area contributed by atoms with Crippen LogP contribution in [-0.4, -0.2) is 17.7 Å². The Balaban J connectivity index is 1.52. The van der Waals surface area contributed by atoms with Gasteiger partial charge in [-0.2, -0.15) is 0 Å². The summed E-state index contributed by atoms with van der Waals surface area (Å²) < 4.78 is 55.7. The summed E-state index contributed by atoms with van der Waals surface area (Å²) in [6.45, 7) is 2.04. The van der Waals surface area contributed by atoms with Gasteiger partial charge in [-0.05, 0) is 37.3 Å². The molecule has 2 aromatic carbocycles. The van der Waals surface area contributed by atoms with Gasteiger partial charge in [0, 0.05) is 24.3 Å². The predicted octanol–water partition coefficient (Wildman–Crippen LogP) is 5.14. The van der Waals surface area contributed by atoms with Crippen LogP contribution in [0.3, 0.4) is 0 Å². The van der Waals surface area contributed by atoms with Crippen LogP contribution in [0, 0.1) is 17.5 Å². The average Bonchev–Trinajstić information content (AvgIpc) is 2.62. The Kier molecular flexibility index (Phi) is 5.80. The largest absolute Gasteiger partial charge is 0.490 e. The molecule has 0 N–H and O–H groups in total. The van der Waals surface area contributed by atoms with Gasteiger partial charge in [0.2, 0.25) is 5.88 Å². The summed E-state index contributed by atoms with van der Waals surface area (Å²) >= 11 is 0. The second-order valence-corrected chi connectivity index (χ2v) is 5.73. The second-order valence-electron chi connectivity index (χ2n) is 5.73. The normalized spacial score (nSPS) is 11.7. The molecule has 7 heteroatoms. The van der Waals surface area contributed by atoms with Gasteiger partial charge < -0.3 is 14.2 Å². The van der Waals surface area contributed by atoms with E-state index < -0.39 is 17.5 Å². The van der Waals surface area contributed by atoms with Crippen LogP contribution in [0.4, 0.5) is 13.2 Å². The zero-order chi connectivity index (χ0) is 19.2. The highest BCUT2D eigenvalue weighted by Gasteiger charge is 2.07. The van der Waals surface area contributed by atoms with Crippen molar-refractivity contribution in [3.8, 4) is 23.1 Å². The standard InChI is InChI=1S/C20H16F3NO3/c1-13(26-20-7-2-14(21)11-24-20)12-25-17-3-5-18(6-4-17)27-19-9-15(22)8-16(23)10-19/h2-11,13H,12H2,1H3. The molecule has 0 spiro atoms. The van der Waals surface area contributed by atoms with Crippen molar-refractivity contribution in [2.24, 2.45) is 0 Å². The molecule has 1 unspecified atom stereocenters. The maximum absolute atomic E-state index is 13.2. The summed E-state index contributed by atoms with van der Waals surface area (Å²) in [6.07, 6.45) is 0.765. The number of halogens is 3. The Morgan fingerprint density at radius 3 is 2.11 bits per heavy atom. The highest BCUT2D eigenvalue weighted by molar-refractivity contribution is 5.35. The molecule has 0 bridgehead atoms. The van der Waals surface area contributed by atoms with E-state index in [2.05, 4.69) is 4.98 Å². The van der Waals surface area contributed by atoms with Gasteiger partial charge in [-0.15, -0.1) is 0 Å². The number of rotatable bonds is 7. The fourth-order valence-electron chi connectivity index (χ4n) is 2.21. The molecule has 1 aromatic heterocycles. The van der Waals surface area contributed by atoms with Crippen molar-refractivity contribution < 1.29 is 27.4 Å². The molecule has 0 aliphatic carbocycles. The van der Waals surface area contributed by atoms with Gasteiger partial charge in [0.25, 0.3) is 0 Å². The van der Waals surface area contributed by atoms with Crippen molar-refractivity contribution in [1.82, 2.24) is 4.98 Å². The lowest BCUT2D eigenvalue weighted by Gasteiger charge is -2.15. The summed E-state index contributed by atoms with van der Waals surface area (Å²) in [6, 6.07) is 12.2. The molecule has 27 heavy (non-hydrogen) atoms. The van der Waals surface area contributed by atoms with Crippen LogP contribution in [-0.2, 0) is 0 Å². The molecule has 0 fully saturated rings. The smallest absolute Gasteiger partial charge is 0.213 e. The Morgan fingerprint density at radius 2 is 1.48 bits per heavy atom. The van der Waals surface area contributed by atoms with Crippen LogP contribution >= 0.6 is 0 Å². The monoisotopic (exact) mass is 375 g/mol. The SMILES string of the molecule is CC(COc1ccc(Oc2cc(F)cc(F)c2)cc1)Oc1ccc(F)cn1. The Bertz CT molecular complexity index is 866. The minimum absolute atomic E-state index is 0.0648. The Hall–Kier alpha value is -3.22. The first-order valence-electron chi connectivity index (χ1n) is 8.13. The second kappa shape index (κ2) is 8.44. The van der Waals surface area contributed by atoms with Crippen LogP contribution in [0.1, 0.15) is 6.92 Å². The third kappa shape index (κ3) is 5.64. The van der Waals surface area contributed by atoms with E-state index in [1.54, 1.807) is 31.2 Å². The predicted molar refractivity (Wildman–Crippen MR) is 92.7 cm³/mol. The van der Waals surface area contributed by atoms with Crippen molar-refractivity contribution >= 4 is 0 Å². The number of hydrogen-bond acceptors (Lipinski definition) is 4. The van der Waals surface area contributed by atoms with E-state index in [0.29, 0.717) is 17.4 Å². The molecule has 0 aliphatic heterocycles. The molecule has 3 rings (SSSR count). The van der Waals surface area contributed by atoms with Crippen LogP contribution in [0.5, 0.6) is 23.1 Å². The molecular weight excluding hydrogens is 359 g/mol. The van der Waals surface area contributed by atoms with Crippen molar-refractivity contribution in [3.05, 3.63) is 78.2 Å². The molecule has 3 aromatic rings. The highest BCUT2D eigenvalue weighted by Crippen LogP contribution is 2.25. The lowest BCUT2D eigenvalue weighted by Crippen LogP contribution is -2.21. The van der Waals surface area contributed by atoms with Crippen LogP contribution in [0.15, 0.2) is 60.8 Å². The third-order valence-electron chi connectivity index (χ3n) is 3.40. The summed E-state index contributed by atoms with van der Waals surface area (Å²) in [7, 11) is 0. The van der Waals surface area contributed by atoms with E-state index in [9.17, 15) is 13.2 Å². The summed E-state index contributed by atoms with van der Waals surface area (Å²) in [4.78, 5) is 3.81. The van der Waals surface area contributed by atoms with Gasteiger partial charge in [-0.1, -0.05) is 0 Å². The zero-order valence-corrected chi connectivity index (χ0v) is 14.4. The highest BCUT2D eigenvalue weighted by atomic mass is 19.1. The quantitative estimate of drug-likeness (QED) is 0.574. The zero-order valence-electron chi connectivity index (χ0n) is 14.4. The molecule has 0 saturated heterocycles. The first-order valence-corrected chi connectivity index (χ1v) is 8.13. The number of aromatic nitrogens is 1. The van der Waals surface area contributed by atoms with Crippen molar-refractivity contribution in [3.63, 3.8) is 0 Å². The van der Waals surface area contributed by atoms with Crippen molar-refractivity contribution in [2.45, 2.75) is 13.0 Å². The third-order valence-corrected chi connectivity index (χ3v) is 3.40. The molecule has 1 heterocycles. The minimum Gasteiger partial charge on any atom is -0.490 e. The summed E-state index contributed by atoms with van der Waals surface area (Å²) in [5.74, 6) is -0.519. The number of benzene rings is 2. The molecule has 0 saturated carbocycles. The molecular formula is C20H16F3NO3. The van der Waals surface area contributed by atoms with Gasteiger partial charge in [0.05, 0.1) is 6.20 Å². The topological polar surface area (TPSA) is 40.6 Å². The van der Waals surface area contributed by atoms with E-state index >= 15 is 0 Å². The Morgan fingerprint density at radius 1 is 0.815 bits per heavy atom. The van der Waals surface area contributed by atoms with Crippen LogP contribution in [0.25, 0.3) is 0 Å². The van der Waals surface area contributed by atoms with E-state index in [4.69, 9.17) is 14.2 Å². The molecule has 0 amide bonds. The maximum Gasteiger partial charge on any atom is 0.213 e. The fraction of sp³-hybridized carbons (Fsp3) is 0.150.